The smallest absolute Gasteiger partial charge is 0.0496 e. The van der Waals surface area contributed by atoms with Gasteiger partial charge >= 0.3 is 0 Å². The summed E-state index contributed by atoms with van der Waals surface area (Å²) in [4.78, 5) is 1.38. The lowest BCUT2D eigenvalue weighted by Gasteiger charge is -2.09. The number of rotatable bonds is 3. The maximum Gasteiger partial charge on any atom is 0.0496 e. The number of benzene rings is 1. The van der Waals surface area contributed by atoms with Crippen LogP contribution in [0.1, 0.15) is 16.0 Å². The first-order valence-corrected chi connectivity index (χ1v) is 6.18. The molecule has 1 heterocycles. The molecule has 0 amide bonds. The maximum atomic E-state index is 5.77. The number of hydrogen-bond acceptors (Lipinski definition) is 3. The molecule has 0 aliphatic carbocycles. The molecule has 0 spiro atoms. The van der Waals surface area contributed by atoms with E-state index in [1.165, 1.54) is 16.0 Å². The predicted octanol–water partition coefficient (Wildman–Crippen LogP) is 3.56. The second-order valence-corrected chi connectivity index (χ2v) is 4.96. The molecule has 0 fully saturated rings. The molecule has 2 rings (SSSR count). The molecule has 3 N–H and O–H groups in total. The predicted molar refractivity (Wildman–Crippen MR) is 72.0 cm³/mol. The lowest BCUT2D eigenvalue weighted by molar-refractivity contribution is 1.16. The zero-order valence-corrected chi connectivity index (χ0v) is 10.4. The van der Waals surface area contributed by atoms with Crippen molar-refractivity contribution < 1.29 is 0 Å². The van der Waals surface area contributed by atoms with Gasteiger partial charge in [0.25, 0.3) is 0 Å². The van der Waals surface area contributed by atoms with E-state index in [1.54, 1.807) is 11.3 Å². The quantitative estimate of drug-likeness (QED) is 0.794. The van der Waals surface area contributed by atoms with E-state index < -0.39 is 0 Å². The van der Waals surface area contributed by atoms with Crippen molar-refractivity contribution in [1.29, 1.82) is 0 Å². The first-order chi connectivity index (χ1) is 7.66. The summed E-state index contributed by atoms with van der Waals surface area (Å²) < 4.78 is 0. The van der Waals surface area contributed by atoms with Gasteiger partial charge in [0.05, 0.1) is 0 Å². The number of thiophene rings is 1. The fourth-order valence-electron chi connectivity index (χ4n) is 1.59. The molecule has 0 radical (unpaired) electrons. The van der Waals surface area contributed by atoms with Gasteiger partial charge in [0.2, 0.25) is 0 Å². The molecule has 84 valence electrons. The molecule has 1 aromatic carbocycles. The highest BCUT2D eigenvalue weighted by molar-refractivity contribution is 7.10. The zero-order valence-electron chi connectivity index (χ0n) is 9.58. The van der Waals surface area contributed by atoms with Crippen molar-refractivity contribution in [1.82, 2.24) is 0 Å². The Bertz CT molecular complexity index is 488. The van der Waals surface area contributed by atoms with Gasteiger partial charge < -0.3 is 11.1 Å². The van der Waals surface area contributed by atoms with Crippen LogP contribution < -0.4 is 11.1 Å². The first kappa shape index (κ1) is 11.0. The Morgan fingerprint density at radius 1 is 1.19 bits per heavy atom. The molecule has 0 aliphatic rings. The Morgan fingerprint density at radius 3 is 2.69 bits per heavy atom. The van der Waals surface area contributed by atoms with E-state index in [9.17, 15) is 0 Å². The van der Waals surface area contributed by atoms with Crippen molar-refractivity contribution in [2.45, 2.75) is 20.4 Å². The largest absolute Gasteiger partial charge is 0.399 e. The van der Waals surface area contributed by atoms with Gasteiger partial charge in [0.15, 0.2) is 0 Å². The summed E-state index contributed by atoms with van der Waals surface area (Å²) in [6, 6.07) is 8.10. The number of anilines is 2. The molecule has 3 heteroatoms. The van der Waals surface area contributed by atoms with Crippen molar-refractivity contribution in [3.63, 3.8) is 0 Å². The maximum absolute atomic E-state index is 5.77. The van der Waals surface area contributed by atoms with Crippen LogP contribution in [-0.2, 0) is 6.54 Å². The van der Waals surface area contributed by atoms with E-state index in [2.05, 4.69) is 30.6 Å². The third-order valence-electron chi connectivity index (χ3n) is 2.67. The van der Waals surface area contributed by atoms with Crippen LogP contribution >= 0.6 is 11.3 Å². The number of nitrogen functional groups attached to an aromatic ring is 1. The highest BCUT2D eigenvalue weighted by Crippen LogP contribution is 2.21. The molecule has 0 saturated heterocycles. The molecular weight excluding hydrogens is 216 g/mol. The third-order valence-corrected chi connectivity index (χ3v) is 3.69. The molecule has 0 saturated carbocycles. The first-order valence-electron chi connectivity index (χ1n) is 5.30. The molecule has 0 bridgehead atoms. The number of nitrogens with one attached hydrogen (secondary N) is 1. The third kappa shape index (κ3) is 2.36. The van der Waals surface area contributed by atoms with Gasteiger partial charge in [-0.1, -0.05) is 6.07 Å². The second kappa shape index (κ2) is 4.58. The molecule has 0 aliphatic heterocycles. The highest BCUT2D eigenvalue weighted by atomic mass is 32.1. The van der Waals surface area contributed by atoms with Crippen molar-refractivity contribution in [3.8, 4) is 0 Å². The van der Waals surface area contributed by atoms with Gasteiger partial charge in [-0.3, -0.25) is 0 Å². The molecule has 0 atom stereocenters. The summed E-state index contributed by atoms with van der Waals surface area (Å²) >= 11 is 1.79. The normalized spacial score (nSPS) is 10.4. The Balaban J connectivity index is 2.10. The minimum absolute atomic E-state index is 0.802. The molecular formula is C13H16N2S. The van der Waals surface area contributed by atoms with Gasteiger partial charge in [-0.25, -0.2) is 0 Å². The Morgan fingerprint density at radius 2 is 2.00 bits per heavy atom. The van der Waals surface area contributed by atoms with E-state index in [-0.39, 0.29) is 0 Å². The molecule has 0 unspecified atom stereocenters. The fourth-order valence-corrected chi connectivity index (χ4v) is 2.44. The lowest BCUT2D eigenvalue weighted by Crippen LogP contribution is -2.01. The summed E-state index contributed by atoms with van der Waals surface area (Å²) in [6.07, 6.45) is 0. The number of hydrogen-bond donors (Lipinski definition) is 2. The van der Waals surface area contributed by atoms with Gasteiger partial charge in [0, 0.05) is 22.8 Å². The number of aryl methyl sites for hydroxylation is 2. The zero-order chi connectivity index (χ0) is 11.5. The summed E-state index contributed by atoms with van der Waals surface area (Å²) in [6.45, 7) is 5.09. The lowest BCUT2D eigenvalue weighted by atomic mass is 10.2. The van der Waals surface area contributed by atoms with Crippen LogP contribution in [0.25, 0.3) is 0 Å². The summed E-state index contributed by atoms with van der Waals surface area (Å²) in [5.74, 6) is 0. The summed E-state index contributed by atoms with van der Waals surface area (Å²) in [5, 5.41) is 5.55. The minimum atomic E-state index is 0.802. The second-order valence-electron chi connectivity index (χ2n) is 3.95. The molecule has 2 aromatic rings. The molecule has 16 heavy (non-hydrogen) atoms. The van der Waals surface area contributed by atoms with Crippen molar-refractivity contribution >= 4 is 22.7 Å². The fraction of sp³-hybridized carbons (Fsp3) is 0.231. The van der Waals surface area contributed by atoms with Gasteiger partial charge in [0.1, 0.15) is 0 Å². The van der Waals surface area contributed by atoms with E-state index in [1.807, 2.05) is 18.2 Å². The SMILES string of the molecule is Cc1ccc(N)cc1NCc1sccc1C. The van der Waals surface area contributed by atoms with Crippen LogP contribution in [0.15, 0.2) is 29.6 Å². The van der Waals surface area contributed by atoms with Crippen LogP contribution in [0.4, 0.5) is 11.4 Å². The van der Waals surface area contributed by atoms with Crippen molar-refractivity contribution in [3.05, 3.63) is 45.6 Å². The minimum Gasteiger partial charge on any atom is -0.399 e. The van der Waals surface area contributed by atoms with Gasteiger partial charge in [-0.15, -0.1) is 11.3 Å². The van der Waals surface area contributed by atoms with Crippen LogP contribution in [0.5, 0.6) is 0 Å². The van der Waals surface area contributed by atoms with Gasteiger partial charge in [-0.05, 0) is 48.6 Å². The summed E-state index contributed by atoms with van der Waals surface area (Å²) in [5.41, 5.74) is 10.3. The van der Waals surface area contributed by atoms with Gasteiger partial charge in [-0.2, -0.15) is 0 Å². The van der Waals surface area contributed by atoms with Crippen molar-refractivity contribution in [2.24, 2.45) is 0 Å². The van der Waals surface area contributed by atoms with E-state index in [4.69, 9.17) is 5.73 Å². The molecule has 1 aromatic heterocycles. The van der Waals surface area contributed by atoms with Crippen LogP contribution in [-0.4, -0.2) is 0 Å². The topological polar surface area (TPSA) is 38.0 Å². The average Bonchev–Trinajstić information content (AvgIpc) is 2.66. The molecule has 2 nitrogen and oxygen atoms in total. The Labute approximate surface area is 100 Å². The highest BCUT2D eigenvalue weighted by Gasteiger charge is 2.01. The standard InChI is InChI=1S/C13H16N2S/c1-9-3-4-11(14)7-12(9)15-8-13-10(2)5-6-16-13/h3-7,15H,8,14H2,1-2H3. The Kier molecular flexibility index (Phi) is 3.15. The van der Waals surface area contributed by atoms with Crippen molar-refractivity contribution in [2.75, 3.05) is 11.1 Å². The Hall–Kier alpha value is -1.48. The van der Waals surface area contributed by atoms with Crippen LogP contribution in [0.3, 0.4) is 0 Å². The van der Waals surface area contributed by atoms with E-state index in [0.29, 0.717) is 0 Å². The van der Waals surface area contributed by atoms with E-state index in [0.717, 1.165) is 17.9 Å². The van der Waals surface area contributed by atoms with Crippen LogP contribution in [0.2, 0.25) is 0 Å². The number of nitrogens with two attached hydrogens (primary N) is 1. The van der Waals surface area contributed by atoms with Crippen LogP contribution in [0, 0.1) is 13.8 Å². The monoisotopic (exact) mass is 232 g/mol. The summed E-state index contributed by atoms with van der Waals surface area (Å²) in [7, 11) is 0. The average molecular weight is 232 g/mol. The van der Waals surface area contributed by atoms with E-state index >= 15 is 0 Å².